The lowest BCUT2D eigenvalue weighted by Gasteiger charge is -2.06. The van der Waals surface area contributed by atoms with Crippen LogP contribution in [0.25, 0.3) is 0 Å². The van der Waals surface area contributed by atoms with Crippen molar-refractivity contribution >= 4 is 5.84 Å². The van der Waals surface area contributed by atoms with Crippen molar-refractivity contribution in [3.05, 3.63) is 29.8 Å². The summed E-state index contributed by atoms with van der Waals surface area (Å²) in [6.07, 6.45) is 1.01. The Hall–Kier alpha value is -1.51. The number of aliphatic imine (C=N–C) groups is 1. The summed E-state index contributed by atoms with van der Waals surface area (Å²) >= 11 is 0. The van der Waals surface area contributed by atoms with E-state index in [0.717, 1.165) is 24.3 Å². The number of nitrogens with zero attached hydrogens (tertiary/aromatic N) is 1. The Morgan fingerprint density at radius 2 is 1.94 bits per heavy atom. The van der Waals surface area contributed by atoms with E-state index in [1.807, 2.05) is 38.1 Å². The van der Waals surface area contributed by atoms with E-state index in [2.05, 4.69) is 11.9 Å². The predicted octanol–water partition coefficient (Wildman–Crippen LogP) is 2.59. The normalized spacial score (nSPS) is 11.9. The smallest absolute Gasteiger partial charge is 0.125 e. The number of rotatable bonds is 5. The molecule has 0 spiro atoms. The summed E-state index contributed by atoms with van der Waals surface area (Å²) in [5.41, 5.74) is 6.80. The van der Waals surface area contributed by atoms with Gasteiger partial charge in [0.15, 0.2) is 0 Å². The molecule has 0 fully saturated rings. The molecule has 0 aromatic heterocycles. The monoisotopic (exact) mass is 220 g/mol. The summed E-state index contributed by atoms with van der Waals surface area (Å²) < 4.78 is 5.49. The zero-order valence-corrected chi connectivity index (χ0v) is 10.2. The molecule has 0 radical (unpaired) electrons. The van der Waals surface area contributed by atoms with E-state index < -0.39 is 0 Å². The maximum Gasteiger partial charge on any atom is 0.125 e. The minimum Gasteiger partial charge on any atom is -0.494 e. The maximum atomic E-state index is 5.86. The molecular formula is C13H20N2O. The molecule has 2 N–H and O–H groups in total. The maximum absolute atomic E-state index is 5.86. The van der Waals surface area contributed by atoms with Crippen LogP contribution in [-0.4, -0.2) is 18.5 Å². The van der Waals surface area contributed by atoms with E-state index in [4.69, 9.17) is 10.5 Å². The van der Waals surface area contributed by atoms with E-state index >= 15 is 0 Å². The molecule has 16 heavy (non-hydrogen) atoms. The zero-order chi connectivity index (χ0) is 12.0. The fraction of sp³-hybridized carbons (Fsp3) is 0.462. The number of hydrogen-bond acceptors (Lipinski definition) is 2. The molecule has 88 valence electrons. The molecule has 0 aliphatic rings. The second-order valence-corrected chi connectivity index (χ2v) is 3.98. The molecule has 0 atom stereocenters. The van der Waals surface area contributed by atoms with Gasteiger partial charge in [-0.15, -0.1) is 0 Å². The van der Waals surface area contributed by atoms with Gasteiger partial charge in [-0.05, 0) is 44.5 Å². The third kappa shape index (κ3) is 3.93. The highest BCUT2D eigenvalue weighted by Gasteiger charge is 2.00. The van der Waals surface area contributed by atoms with Crippen LogP contribution in [0.2, 0.25) is 0 Å². The Kier molecular flexibility index (Phi) is 4.83. The first kappa shape index (κ1) is 12.6. The van der Waals surface area contributed by atoms with Crippen LogP contribution in [0.4, 0.5) is 0 Å². The van der Waals surface area contributed by atoms with E-state index in [0.29, 0.717) is 5.84 Å². The minimum absolute atomic E-state index is 0.219. The van der Waals surface area contributed by atoms with Crippen LogP contribution >= 0.6 is 0 Å². The quantitative estimate of drug-likeness (QED) is 0.612. The van der Waals surface area contributed by atoms with E-state index in [9.17, 15) is 0 Å². The summed E-state index contributed by atoms with van der Waals surface area (Å²) in [4.78, 5) is 4.29. The molecule has 1 rings (SSSR count). The van der Waals surface area contributed by atoms with Gasteiger partial charge in [-0.25, -0.2) is 0 Å². The van der Waals surface area contributed by atoms with Gasteiger partial charge >= 0.3 is 0 Å². The number of ether oxygens (including phenoxy) is 1. The second kappa shape index (κ2) is 6.16. The fourth-order valence-corrected chi connectivity index (χ4v) is 1.29. The van der Waals surface area contributed by atoms with Gasteiger partial charge < -0.3 is 10.5 Å². The first-order chi connectivity index (χ1) is 7.63. The third-order valence-corrected chi connectivity index (χ3v) is 2.02. The molecule has 0 bridgehead atoms. The molecule has 1 aromatic carbocycles. The lowest BCUT2D eigenvalue weighted by Crippen LogP contribution is -2.15. The van der Waals surface area contributed by atoms with E-state index in [-0.39, 0.29) is 6.04 Å². The number of hydrogen-bond donors (Lipinski definition) is 1. The Labute approximate surface area is 97.3 Å². The van der Waals surface area contributed by atoms with Crippen molar-refractivity contribution < 1.29 is 4.74 Å². The van der Waals surface area contributed by atoms with Gasteiger partial charge in [-0.1, -0.05) is 6.92 Å². The summed E-state index contributed by atoms with van der Waals surface area (Å²) in [6.45, 7) is 6.84. The van der Waals surface area contributed by atoms with Crippen molar-refractivity contribution in [3.63, 3.8) is 0 Å². The molecule has 0 heterocycles. The average Bonchev–Trinajstić information content (AvgIpc) is 2.26. The van der Waals surface area contributed by atoms with Crippen molar-refractivity contribution in [2.45, 2.75) is 33.2 Å². The number of nitrogens with two attached hydrogens (primary N) is 1. The van der Waals surface area contributed by atoms with Crippen LogP contribution in [0.1, 0.15) is 32.8 Å². The zero-order valence-electron chi connectivity index (χ0n) is 10.2. The lowest BCUT2D eigenvalue weighted by molar-refractivity contribution is 0.317. The molecular weight excluding hydrogens is 200 g/mol. The molecule has 3 nitrogen and oxygen atoms in total. The van der Waals surface area contributed by atoms with Crippen molar-refractivity contribution in [1.82, 2.24) is 0 Å². The molecule has 0 saturated heterocycles. The third-order valence-electron chi connectivity index (χ3n) is 2.02. The van der Waals surface area contributed by atoms with Gasteiger partial charge in [-0.2, -0.15) is 0 Å². The summed E-state index contributed by atoms with van der Waals surface area (Å²) in [5, 5.41) is 0. The highest BCUT2D eigenvalue weighted by molar-refractivity contribution is 5.97. The molecule has 0 saturated carbocycles. The van der Waals surface area contributed by atoms with E-state index in [1.54, 1.807) is 0 Å². The first-order valence-electron chi connectivity index (χ1n) is 5.70. The first-order valence-corrected chi connectivity index (χ1v) is 5.70. The summed E-state index contributed by atoms with van der Waals surface area (Å²) in [5.74, 6) is 1.46. The van der Waals surface area contributed by atoms with Gasteiger partial charge in [-0.3, -0.25) is 4.99 Å². The minimum atomic E-state index is 0.219. The van der Waals surface area contributed by atoms with Crippen LogP contribution in [0.3, 0.4) is 0 Å². The standard InChI is InChI=1S/C13H20N2O/c1-4-9-16-12-7-5-11(6-8-12)13(14)15-10(2)3/h5-8,10H,4,9H2,1-3H3,(H2,14,15). The fourth-order valence-electron chi connectivity index (χ4n) is 1.29. The van der Waals surface area contributed by atoms with Crippen LogP contribution in [0.5, 0.6) is 5.75 Å². The van der Waals surface area contributed by atoms with Crippen LogP contribution in [0.15, 0.2) is 29.3 Å². The summed E-state index contributed by atoms with van der Waals surface area (Å²) in [7, 11) is 0. The second-order valence-electron chi connectivity index (χ2n) is 3.98. The van der Waals surface area contributed by atoms with Crippen molar-refractivity contribution in [2.75, 3.05) is 6.61 Å². The van der Waals surface area contributed by atoms with Crippen LogP contribution in [0, 0.1) is 0 Å². The molecule has 1 aromatic rings. The molecule has 0 unspecified atom stereocenters. The van der Waals surface area contributed by atoms with Crippen molar-refractivity contribution in [3.8, 4) is 5.75 Å². The highest BCUT2D eigenvalue weighted by Crippen LogP contribution is 2.12. The Bertz CT molecular complexity index is 341. The molecule has 0 amide bonds. The Balaban J connectivity index is 2.71. The SMILES string of the molecule is CCCOc1ccc(C(N)=NC(C)C)cc1. The predicted molar refractivity (Wildman–Crippen MR) is 68.1 cm³/mol. The van der Waals surface area contributed by atoms with Crippen molar-refractivity contribution in [1.29, 1.82) is 0 Å². The average molecular weight is 220 g/mol. The highest BCUT2D eigenvalue weighted by atomic mass is 16.5. The van der Waals surface area contributed by atoms with E-state index in [1.165, 1.54) is 0 Å². The van der Waals surface area contributed by atoms with Gasteiger partial charge in [0.05, 0.1) is 6.61 Å². The van der Waals surface area contributed by atoms with Crippen molar-refractivity contribution in [2.24, 2.45) is 10.7 Å². The van der Waals surface area contributed by atoms with Gasteiger partial charge in [0, 0.05) is 11.6 Å². The van der Waals surface area contributed by atoms with Gasteiger partial charge in [0.25, 0.3) is 0 Å². The number of amidine groups is 1. The van der Waals surface area contributed by atoms with Gasteiger partial charge in [0.1, 0.15) is 11.6 Å². The Morgan fingerprint density at radius 3 is 2.44 bits per heavy atom. The molecule has 0 aliphatic heterocycles. The van der Waals surface area contributed by atoms with Gasteiger partial charge in [0.2, 0.25) is 0 Å². The van der Waals surface area contributed by atoms with Crippen LogP contribution in [-0.2, 0) is 0 Å². The Morgan fingerprint density at radius 1 is 1.31 bits per heavy atom. The lowest BCUT2D eigenvalue weighted by atomic mass is 10.2. The topological polar surface area (TPSA) is 47.6 Å². The summed E-state index contributed by atoms with van der Waals surface area (Å²) in [6, 6.07) is 7.94. The largest absolute Gasteiger partial charge is 0.494 e. The number of benzene rings is 1. The van der Waals surface area contributed by atoms with Crippen LogP contribution < -0.4 is 10.5 Å². The molecule has 3 heteroatoms. The molecule has 0 aliphatic carbocycles.